The first kappa shape index (κ1) is 22.6. The Morgan fingerprint density at radius 2 is 1.90 bits per heavy atom. The molecule has 8 heteroatoms. The molecule has 30 heavy (non-hydrogen) atoms. The summed E-state index contributed by atoms with van der Waals surface area (Å²) in [4.78, 5) is 16.6. The second-order valence-corrected chi connectivity index (χ2v) is 8.32. The topological polar surface area (TPSA) is 74.3 Å². The van der Waals surface area contributed by atoms with E-state index in [1.54, 1.807) is 18.4 Å². The number of hydrogen-bond acceptors (Lipinski definition) is 7. The van der Waals surface area contributed by atoms with E-state index in [1.165, 1.54) is 5.56 Å². The van der Waals surface area contributed by atoms with E-state index in [1.807, 2.05) is 30.3 Å². The van der Waals surface area contributed by atoms with Gasteiger partial charge in [0.25, 0.3) is 0 Å². The summed E-state index contributed by atoms with van der Waals surface area (Å²) in [6, 6.07) is 9.45. The van der Waals surface area contributed by atoms with Gasteiger partial charge in [-0.05, 0) is 35.6 Å². The number of β-amino-alcohol motifs (C(OH)–C–C–N with tert-alkyl or cyclic N) is 1. The monoisotopic (exact) mass is 433 g/mol. The summed E-state index contributed by atoms with van der Waals surface area (Å²) >= 11 is 1.57. The van der Waals surface area contributed by atoms with Crippen molar-refractivity contribution in [3.8, 4) is 11.5 Å². The van der Waals surface area contributed by atoms with E-state index in [-0.39, 0.29) is 12.5 Å². The summed E-state index contributed by atoms with van der Waals surface area (Å²) in [5, 5.41) is 16.3. The maximum Gasteiger partial charge on any atom is 0.239 e. The molecule has 0 aliphatic carbocycles. The maximum absolute atomic E-state index is 12.3. The second-order valence-electron chi connectivity index (χ2n) is 7.41. The number of carbonyl (C=O) groups is 1. The van der Waals surface area contributed by atoms with Gasteiger partial charge >= 0.3 is 0 Å². The lowest BCUT2D eigenvalue weighted by Gasteiger charge is -2.35. The van der Waals surface area contributed by atoms with E-state index >= 15 is 0 Å². The van der Waals surface area contributed by atoms with Crippen molar-refractivity contribution in [2.75, 3.05) is 58.3 Å². The van der Waals surface area contributed by atoms with Gasteiger partial charge in [0, 0.05) is 32.7 Å². The molecule has 0 bridgehead atoms. The van der Waals surface area contributed by atoms with Gasteiger partial charge in [-0.1, -0.05) is 19.1 Å². The van der Waals surface area contributed by atoms with Gasteiger partial charge in [0.2, 0.25) is 5.91 Å². The molecule has 1 aromatic heterocycles. The number of piperazine rings is 1. The van der Waals surface area contributed by atoms with Gasteiger partial charge in [-0.15, -0.1) is 11.3 Å². The highest BCUT2D eigenvalue weighted by atomic mass is 32.1. The lowest BCUT2D eigenvalue weighted by atomic mass is 10.2. The largest absolute Gasteiger partial charge is 0.493 e. The minimum Gasteiger partial charge on any atom is -0.493 e. The summed E-state index contributed by atoms with van der Waals surface area (Å²) in [5.41, 5.74) is 1.25. The predicted octanol–water partition coefficient (Wildman–Crippen LogP) is 2.32. The van der Waals surface area contributed by atoms with Crippen LogP contribution in [0.5, 0.6) is 11.5 Å². The third-order valence-corrected chi connectivity index (χ3v) is 6.02. The molecule has 2 aromatic rings. The minimum atomic E-state index is -0.587. The number of anilines is 1. The standard InChI is InChI=1S/C22H31N3O4S/c1-3-17-12-22(30-16-17)23-21(27)14-25-10-8-24(9-11-25)13-18(26)15-29-20-7-5-4-6-19(20)28-2/h4-7,12,16,18,26H,3,8-11,13-15H2,1-2H3,(H,23,27). The summed E-state index contributed by atoms with van der Waals surface area (Å²) in [6.45, 7) is 6.50. The smallest absolute Gasteiger partial charge is 0.239 e. The minimum absolute atomic E-state index is 0.0261. The summed E-state index contributed by atoms with van der Waals surface area (Å²) in [6.07, 6.45) is 0.390. The van der Waals surface area contributed by atoms with Crippen LogP contribution in [0.25, 0.3) is 0 Å². The summed E-state index contributed by atoms with van der Waals surface area (Å²) in [7, 11) is 1.60. The number of aliphatic hydroxyl groups is 1. The fraction of sp³-hybridized carbons (Fsp3) is 0.500. The zero-order valence-electron chi connectivity index (χ0n) is 17.7. The first-order valence-corrected chi connectivity index (χ1v) is 11.2. The fourth-order valence-electron chi connectivity index (χ4n) is 3.41. The van der Waals surface area contributed by atoms with Crippen LogP contribution in [-0.4, -0.2) is 79.9 Å². The Balaban J connectivity index is 1.35. The molecule has 2 N–H and O–H groups in total. The van der Waals surface area contributed by atoms with Crippen LogP contribution in [0.1, 0.15) is 12.5 Å². The molecule has 1 unspecified atom stereocenters. The predicted molar refractivity (Wildman–Crippen MR) is 120 cm³/mol. The molecule has 1 saturated heterocycles. The average molecular weight is 434 g/mol. The number of aliphatic hydroxyl groups excluding tert-OH is 1. The van der Waals surface area contributed by atoms with Gasteiger partial charge < -0.3 is 19.9 Å². The lowest BCUT2D eigenvalue weighted by Crippen LogP contribution is -2.50. The van der Waals surface area contributed by atoms with Crippen molar-refractivity contribution in [3.63, 3.8) is 0 Å². The molecule has 0 saturated carbocycles. The first-order valence-electron chi connectivity index (χ1n) is 10.3. The quantitative estimate of drug-likeness (QED) is 0.599. The Bertz CT molecular complexity index is 805. The van der Waals surface area contributed by atoms with Gasteiger partial charge in [0.1, 0.15) is 12.7 Å². The van der Waals surface area contributed by atoms with Crippen LogP contribution in [0.2, 0.25) is 0 Å². The Morgan fingerprint density at radius 1 is 1.20 bits per heavy atom. The number of hydrogen-bond donors (Lipinski definition) is 2. The number of methoxy groups -OCH3 is 1. The molecule has 1 atom stereocenters. The van der Waals surface area contributed by atoms with Crippen LogP contribution < -0.4 is 14.8 Å². The molecular weight excluding hydrogens is 402 g/mol. The van der Waals surface area contributed by atoms with Crippen molar-refractivity contribution in [2.24, 2.45) is 0 Å². The number of nitrogens with zero attached hydrogens (tertiary/aromatic N) is 2. The van der Waals surface area contributed by atoms with Crippen molar-refractivity contribution in [1.82, 2.24) is 9.80 Å². The number of benzene rings is 1. The van der Waals surface area contributed by atoms with E-state index < -0.39 is 6.10 Å². The Kier molecular flexibility index (Phi) is 8.50. The SMILES string of the molecule is CCc1csc(NC(=O)CN2CCN(CC(O)COc3ccccc3OC)CC2)c1. The second kappa shape index (κ2) is 11.3. The van der Waals surface area contributed by atoms with E-state index in [4.69, 9.17) is 9.47 Å². The fourth-order valence-corrected chi connectivity index (χ4v) is 4.32. The third kappa shape index (κ3) is 6.70. The lowest BCUT2D eigenvalue weighted by molar-refractivity contribution is -0.117. The average Bonchev–Trinajstić information content (AvgIpc) is 3.21. The van der Waals surface area contributed by atoms with Gasteiger partial charge in [-0.25, -0.2) is 0 Å². The molecule has 1 fully saturated rings. The molecule has 1 aromatic carbocycles. The Hall–Kier alpha value is -2.13. The van der Waals surface area contributed by atoms with E-state index in [0.717, 1.165) is 37.6 Å². The number of thiophene rings is 1. The zero-order valence-corrected chi connectivity index (χ0v) is 18.5. The maximum atomic E-state index is 12.3. The van der Waals surface area contributed by atoms with Crippen molar-refractivity contribution >= 4 is 22.2 Å². The molecule has 0 spiro atoms. The van der Waals surface area contributed by atoms with Gasteiger partial charge in [-0.2, -0.15) is 0 Å². The van der Waals surface area contributed by atoms with Crippen LogP contribution in [0.4, 0.5) is 5.00 Å². The number of rotatable bonds is 10. The summed E-state index contributed by atoms with van der Waals surface area (Å²) < 4.78 is 11.0. The highest BCUT2D eigenvalue weighted by Gasteiger charge is 2.21. The Labute approximate surface area is 182 Å². The molecule has 3 rings (SSSR count). The van der Waals surface area contributed by atoms with Crippen LogP contribution in [0.3, 0.4) is 0 Å². The highest BCUT2D eigenvalue weighted by Crippen LogP contribution is 2.25. The first-order chi connectivity index (χ1) is 14.6. The number of para-hydroxylation sites is 2. The number of ether oxygens (including phenoxy) is 2. The molecule has 164 valence electrons. The van der Waals surface area contributed by atoms with E-state index in [9.17, 15) is 9.90 Å². The van der Waals surface area contributed by atoms with Crippen molar-refractivity contribution in [2.45, 2.75) is 19.4 Å². The van der Waals surface area contributed by atoms with Crippen molar-refractivity contribution < 1.29 is 19.4 Å². The van der Waals surface area contributed by atoms with Crippen molar-refractivity contribution in [1.29, 1.82) is 0 Å². The molecular formula is C22H31N3O4S. The van der Waals surface area contributed by atoms with Crippen LogP contribution in [-0.2, 0) is 11.2 Å². The Morgan fingerprint density at radius 3 is 2.57 bits per heavy atom. The van der Waals surface area contributed by atoms with Crippen LogP contribution in [0.15, 0.2) is 35.7 Å². The van der Waals surface area contributed by atoms with Crippen LogP contribution in [0, 0.1) is 0 Å². The molecule has 1 aliphatic heterocycles. The third-order valence-electron chi connectivity index (χ3n) is 5.13. The van der Waals surface area contributed by atoms with Gasteiger partial charge in [-0.3, -0.25) is 14.6 Å². The number of carbonyl (C=O) groups excluding carboxylic acids is 1. The van der Waals surface area contributed by atoms with Gasteiger partial charge in [0.05, 0.1) is 18.7 Å². The zero-order chi connectivity index (χ0) is 21.3. The molecule has 2 heterocycles. The summed E-state index contributed by atoms with van der Waals surface area (Å²) in [5.74, 6) is 1.31. The van der Waals surface area contributed by atoms with Crippen LogP contribution >= 0.6 is 11.3 Å². The molecule has 0 radical (unpaired) electrons. The number of nitrogens with one attached hydrogen (secondary N) is 1. The highest BCUT2D eigenvalue weighted by molar-refractivity contribution is 7.14. The van der Waals surface area contributed by atoms with Crippen molar-refractivity contribution in [3.05, 3.63) is 41.3 Å². The molecule has 1 aliphatic rings. The van der Waals surface area contributed by atoms with Gasteiger partial charge in [0.15, 0.2) is 11.5 Å². The van der Waals surface area contributed by atoms with E-state index in [0.29, 0.717) is 24.6 Å². The normalized spacial score (nSPS) is 16.2. The van der Waals surface area contributed by atoms with E-state index in [2.05, 4.69) is 27.4 Å². The molecule has 1 amide bonds. The molecule has 7 nitrogen and oxygen atoms in total. The number of aryl methyl sites for hydroxylation is 1. The number of amides is 1.